The van der Waals surface area contributed by atoms with E-state index >= 15 is 0 Å². The Morgan fingerprint density at radius 2 is 2.05 bits per heavy atom. The lowest BCUT2D eigenvalue weighted by molar-refractivity contribution is -0.147. The van der Waals surface area contributed by atoms with Gasteiger partial charge in [-0.15, -0.1) is 6.58 Å². The molecule has 2 unspecified atom stereocenters. The minimum atomic E-state index is -1.42. The van der Waals surface area contributed by atoms with Crippen molar-refractivity contribution in [3.8, 4) is 0 Å². The van der Waals surface area contributed by atoms with Gasteiger partial charge < -0.3 is 14.4 Å². The second-order valence-corrected chi connectivity index (χ2v) is 4.07. The van der Waals surface area contributed by atoms with Crippen molar-refractivity contribution in [2.75, 3.05) is 7.11 Å². The highest BCUT2D eigenvalue weighted by atomic mass is 16.5. The number of carbonyl (C=O) groups excluding carboxylic acids is 1. The van der Waals surface area contributed by atoms with Gasteiger partial charge in [0, 0.05) is 20.3 Å². The number of aliphatic hydroxyl groups is 1. The maximum Gasteiger partial charge on any atom is 0.330 e. The summed E-state index contributed by atoms with van der Waals surface area (Å²) in [6, 6.07) is 0. The average Bonchev–Trinajstić information content (AvgIpc) is 2.40. The molecule has 0 radical (unpaired) electrons. The first-order valence-corrected chi connectivity index (χ1v) is 5.50. The maximum absolute atomic E-state index is 11.9. The molecule has 0 saturated carbocycles. The molecular formula is C12H16N2O5. The molecule has 0 saturated heterocycles. The smallest absolute Gasteiger partial charge is 0.330 e. The number of aryl methyl sites for hydroxylation is 1. The van der Waals surface area contributed by atoms with E-state index in [-0.39, 0.29) is 5.56 Å². The zero-order valence-corrected chi connectivity index (χ0v) is 11.0. The highest BCUT2D eigenvalue weighted by molar-refractivity contribution is 5.75. The number of hydrogen-bond donors (Lipinski definition) is 1. The van der Waals surface area contributed by atoms with E-state index in [1.165, 1.54) is 33.5 Å². The molecule has 0 spiro atoms. The van der Waals surface area contributed by atoms with Crippen molar-refractivity contribution in [2.24, 2.45) is 20.0 Å². The molecule has 0 aliphatic heterocycles. The van der Waals surface area contributed by atoms with Crippen molar-refractivity contribution < 1.29 is 14.6 Å². The molecule has 0 aliphatic carbocycles. The fraction of sp³-hybridized carbons (Fsp3) is 0.417. The molecule has 1 N–H and O–H groups in total. The maximum atomic E-state index is 11.9. The lowest BCUT2D eigenvalue weighted by atomic mass is 9.97. The predicted molar refractivity (Wildman–Crippen MR) is 67.6 cm³/mol. The molecule has 7 heteroatoms. The molecule has 0 bridgehead atoms. The van der Waals surface area contributed by atoms with Crippen LogP contribution in [0.4, 0.5) is 0 Å². The minimum absolute atomic E-state index is 0.0695. The molecule has 1 aromatic rings. The van der Waals surface area contributed by atoms with Crippen LogP contribution in [0.25, 0.3) is 0 Å². The zero-order chi connectivity index (χ0) is 14.7. The van der Waals surface area contributed by atoms with Gasteiger partial charge in [0.1, 0.15) is 12.0 Å². The highest BCUT2D eigenvalue weighted by Crippen LogP contribution is 2.20. The first-order chi connectivity index (χ1) is 8.84. The van der Waals surface area contributed by atoms with Gasteiger partial charge in [0.25, 0.3) is 5.56 Å². The fourth-order valence-electron chi connectivity index (χ4n) is 1.72. The van der Waals surface area contributed by atoms with Crippen LogP contribution in [0.15, 0.2) is 28.4 Å². The Hall–Kier alpha value is -2.15. The van der Waals surface area contributed by atoms with Crippen LogP contribution < -0.4 is 11.2 Å². The van der Waals surface area contributed by atoms with Crippen LogP contribution in [0, 0.1) is 5.92 Å². The molecule has 19 heavy (non-hydrogen) atoms. The summed E-state index contributed by atoms with van der Waals surface area (Å²) in [7, 11) is 3.91. The number of carbonyl (C=O) groups is 1. The second-order valence-electron chi connectivity index (χ2n) is 4.07. The van der Waals surface area contributed by atoms with Crippen molar-refractivity contribution in [2.45, 2.75) is 6.10 Å². The molecule has 2 atom stereocenters. The first-order valence-electron chi connectivity index (χ1n) is 5.50. The van der Waals surface area contributed by atoms with Crippen LogP contribution in [-0.2, 0) is 23.6 Å². The molecular weight excluding hydrogens is 252 g/mol. The summed E-state index contributed by atoms with van der Waals surface area (Å²) < 4.78 is 6.53. The Balaban J connectivity index is 3.38. The van der Waals surface area contributed by atoms with Crippen LogP contribution in [0.2, 0.25) is 0 Å². The SMILES string of the molecule is C=CC(C(=O)OC)C(O)c1cn(C)c(=O)n(C)c1=O. The third-order valence-corrected chi connectivity index (χ3v) is 2.86. The number of esters is 1. The number of hydrogen-bond acceptors (Lipinski definition) is 5. The van der Waals surface area contributed by atoms with E-state index in [2.05, 4.69) is 11.3 Å². The van der Waals surface area contributed by atoms with Gasteiger partial charge in [0.05, 0.1) is 12.7 Å². The molecule has 1 heterocycles. The first kappa shape index (κ1) is 14.9. The summed E-state index contributed by atoms with van der Waals surface area (Å²) in [4.78, 5) is 34.9. The summed E-state index contributed by atoms with van der Waals surface area (Å²) in [5.41, 5.74) is -1.25. The molecule has 0 aliphatic rings. The Bertz CT molecular complexity index is 614. The van der Waals surface area contributed by atoms with Crippen LogP contribution in [0.3, 0.4) is 0 Å². The van der Waals surface area contributed by atoms with Crippen molar-refractivity contribution >= 4 is 5.97 Å². The topological polar surface area (TPSA) is 90.5 Å². The van der Waals surface area contributed by atoms with Gasteiger partial charge in [0.15, 0.2) is 0 Å². The monoisotopic (exact) mass is 268 g/mol. The Morgan fingerprint density at radius 3 is 2.53 bits per heavy atom. The van der Waals surface area contributed by atoms with Gasteiger partial charge in [0.2, 0.25) is 0 Å². The van der Waals surface area contributed by atoms with Gasteiger partial charge in [-0.2, -0.15) is 0 Å². The van der Waals surface area contributed by atoms with Gasteiger partial charge >= 0.3 is 11.7 Å². The van der Waals surface area contributed by atoms with Crippen molar-refractivity contribution in [1.29, 1.82) is 0 Å². The number of ether oxygens (including phenoxy) is 1. The summed E-state index contributed by atoms with van der Waals surface area (Å²) in [5.74, 6) is -1.78. The van der Waals surface area contributed by atoms with Gasteiger partial charge in [-0.3, -0.25) is 14.2 Å². The van der Waals surface area contributed by atoms with E-state index in [0.717, 1.165) is 9.13 Å². The standard InChI is InChI=1S/C12H16N2O5/c1-5-7(11(17)19-4)9(15)8-6-13(2)12(18)14(3)10(8)16/h5-7,9,15H,1H2,2-4H3. The quantitative estimate of drug-likeness (QED) is 0.564. The Labute approximate surface area is 109 Å². The van der Waals surface area contributed by atoms with E-state index in [1.54, 1.807) is 0 Å². The summed E-state index contributed by atoms with van der Waals surface area (Å²) >= 11 is 0. The van der Waals surface area contributed by atoms with Gasteiger partial charge in [-0.25, -0.2) is 4.79 Å². The normalized spacial score (nSPS) is 13.7. The average molecular weight is 268 g/mol. The van der Waals surface area contributed by atoms with Crippen LogP contribution in [-0.4, -0.2) is 27.3 Å². The summed E-state index contributed by atoms with van der Waals surface area (Å²) in [6.45, 7) is 3.43. The van der Waals surface area contributed by atoms with Crippen molar-refractivity contribution in [1.82, 2.24) is 9.13 Å². The largest absolute Gasteiger partial charge is 0.468 e. The molecule has 0 amide bonds. The summed E-state index contributed by atoms with van der Waals surface area (Å²) in [5, 5.41) is 10.1. The third-order valence-electron chi connectivity index (χ3n) is 2.86. The van der Waals surface area contributed by atoms with Crippen molar-refractivity contribution in [3.63, 3.8) is 0 Å². The van der Waals surface area contributed by atoms with Crippen LogP contribution in [0.5, 0.6) is 0 Å². The van der Waals surface area contributed by atoms with Crippen LogP contribution in [0.1, 0.15) is 11.7 Å². The number of methoxy groups -OCH3 is 1. The van der Waals surface area contributed by atoms with Gasteiger partial charge in [-0.1, -0.05) is 6.08 Å². The highest BCUT2D eigenvalue weighted by Gasteiger charge is 2.29. The van der Waals surface area contributed by atoms with Crippen LogP contribution >= 0.6 is 0 Å². The Morgan fingerprint density at radius 1 is 1.47 bits per heavy atom. The zero-order valence-electron chi connectivity index (χ0n) is 11.0. The molecule has 0 aromatic carbocycles. The Kier molecular flexibility index (Phi) is 4.44. The van der Waals surface area contributed by atoms with E-state index in [9.17, 15) is 19.5 Å². The van der Waals surface area contributed by atoms with Gasteiger partial charge in [-0.05, 0) is 0 Å². The molecule has 7 nitrogen and oxygen atoms in total. The molecule has 1 rings (SSSR count). The molecule has 104 valence electrons. The lowest BCUT2D eigenvalue weighted by Crippen LogP contribution is -2.40. The molecule has 0 fully saturated rings. The third kappa shape index (κ3) is 2.65. The van der Waals surface area contributed by atoms with E-state index in [4.69, 9.17) is 0 Å². The second kappa shape index (κ2) is 5.66. The number of aromatic nitrogens is 2. The number of rotatable bonds is 4. The number of nitrogens with zero attached hydrogens (tertiary/aromatic N) is 2. The lowest BCUT2D eigenvalue weighted by Gasteiger charge is -2.18. The summed E-state index contributed by atoms with van der Waals surface area (Å²) in [6.07, 6.45) is 0.978. The minimum Gasteiger partial charge on any atom is -0.468 e. The van der Waals surface area contributed by atoms with Crippen molar-refractivity contribution in [3.05, 3.63) is 45.3 Å². The van der Waals surface area contributed by atoms with E-state index in [0.29, 0.717) is 0 Å². The van der Waals surface area contributed by atoms with E-state index < -0.39 is 29.2 Å². The predicted octanol–water partition coefficient (Wildman–Crippen LogP) is -0.907. The number of aliphatic hydroxyl groups excluding tert-OH is 1. The molecule has 1 aromatic heterocycles. The fourth-order valence-corrected chi connectivity index (χ4v) is 1.72. The van der Waals surface area contributed by atoms with E-state index in [1.807, 2.05) is 0 Å².